The lowest BCUT2D eigenvalue weighted by Gasteiger charge is -2.17. The zero-order valence-electron chi connectivity index (χ0n) is 10.5. The Labute approximate surface area is 114 Å². The van der Waals surface area contributed by atoms with Crippen LogP contribution in [-0.4, -0.2) is 22.7 Å². The molecule has 2 N–H and O–H groups in total. The zero-order valence-corrected chi connectivity index (χ0v) is 10.5. The molecule has 1 aromatic carbocycles. The molecule has 0 aliphatic carbocycles. The minimum atomic E-state index is -1.38. The summed E-state index contributed by atoms with van der Waals surface area (Å²) in [6.45, 7) is -0.297. The van der Waals surface area contributed by atoms with Crippen LogP contribution in [0.1, 0.15) is 5.56 Å². The Kier molecular flexibility index (Phi) is 4.57. The molecule has 0 bridgehead atoms. The Hall–Kier alpha value is -2.08. The number of aliphatic hydroxyl groups is 1. The van der Waals surface area contributed by atoms with Gasteiger partial charge in [-0.2, -0.15) is 9.37 Å². The number of halogens is 3. The first-order valence-corrected chi connectivity index (χ1v) is 6.03. The molecule has 1 atom stereocenters. The Morgan fingerprint density at radius 3 is 2.45 bits per heavy atom. The van der Waals surface area contributed by atoms with Crippen LogP contribution < -0.4 is 5.32 Å². The van der Waals surface area contributed by atoms with Gasteiger partial charge < -0.3 is 10.4 Å². The van der Waals surface area contributed by atoms with Gasteiger partial charge in [-0.3, -0.25) is 0 Å². The van der Waals surface area contributed by atoms with E-state index in [0.717, 1.165) is 5.56 Å². The third kappa shape index (κ3) is 3.48. The summed E-state index contributed by atoms with van der Waals surface area (Å²) in [5, 5.41) is 11.9. The molecule has 3 nitrogen and oxygen atoms in total. The molecular formula is C14H13F3N2O. The van der Waals surface area contributed by atoms with E-state index in [1.165, 1.54) is 0 Å². The van der Waals surface area contributed by atoms with Gasteiger partial charge in [0.1, 0.15) is 0 Å². The first kappa shape index (κ1) is 14.3. The number of hydrogen-bond donors (Lipinski definition) is 2. The Morgan fingerprint density at radius 1 is 1.10 bits per heavy atom. The van der Waals surface area contributed by atoms with Crippen LogP contribution >= 0.6 is 0 Å². The first-order chi connectivity index (χ1) is 9.60. The number of aromatic nitrogens is 1. The molecule has 2 aromatic rings. The molecular weight excluding hydrogens is 269 g/mol. The first-order valence-electron chi connectivity index (χ1n) is 6.03. The number of nitrogens with one attached hydrogen (secondary N) is 1. The summed E-state index contributed by atoms with van der Waals surface area (Å²) in [7, 11) is 0. The average Bonchev–Trinajstić information content (AvgIpc) is 2.45. The standard InChI is InChI=1S/C14H13F3N2O/c15-11-7-12(16)14(19-13(11)17)18-10(8-20)6-9-4-2-1-3-5-9/h1-5,7,10,20H,6,8H2,(H,18,19). The summed E-state index contributed by atoms with van der Waals surface area (Å²) >= 11 is 0. The topological polar surface area (TPSA) is 45.1 Å². The smallest absolute Gasteiger partial charge is 0.251 e. The zero-order chi connectivity index (χ0) is 14.5. The second kappa shape index (κ2) is 6.38. The monoisotopic (exact) mass is 282 g/mol. The highest BCUT2D eigenvalue weighted by Gasteiger charge is 2.15. The van der Waals surface area contributed by atoms with Crippen LogP contribution in [0, 0.1) is 17.6 Å². The van der Waals surface area contributed by atoms with E-state index in [1.54, 1.807) is 0 Å². The lowest BCUT2D eigenvalue weighted by atomic mass is 10.1. The van der Waals surface area contributed by atoms with Crippen LogP contribution in [0.25, 0.3) is 0 Å². The van der Waals surface area contributed by atoms with Crippen molar-refractivity contribution in [3.63, 3.8) is 0 Å². The Balaban J connectivity index is 2.12. The lowest BCUT2D eigenvalue weighted by molar-refractivity contribution is 0.273. The summed E-state index contributed by atoms with van der Waals surface area (Å²) in [6.07, 6.45) is 0.400. The van der Waals surface area contributed by atoms with Gasteiger partial charge in [-0.15, -0.1) is 0 Å². The summed E-state index contributed by atoms with van der Waals surface area (Å²) in [4.78, 5) is 3.16. The molecule has 1 heterocycles. The van der Waals surface area contributed by atoms with Crippen molar-refractivity contribution in [2.24, 2.45) is 0 Å². The molecule has 2 rings (SSSR count). The van der Waals surface area contributed by atoms with E-state index in [9.17, 15) is 18.3 Å². The van der Waals surface area contributed by atoms with E-state index in [4.69, 9.17) is 0 Å². The number of rotatable bonds is 5. The number of anilines is 1. The fourth-order valence-corrected chi connectivity index (χ4v) is 1.80. The molecule has 20 heavy (non-hydrogen) atoms. The van der Waals surface area contributed by atoms with Crippen molar-refractivity contribution >= 4 is 5.82 Å². The number of hydrogen-bond acceptors (Lipinski definition) is 3. The normalized spacial score (nSPS) is 12.2. The second-order valence-corrected chi connectivity index (χ2v) is 4.30. The van der Waals surface area contributed by atoms with Gasteiger partial charge in [-0.05, 0) is 12.0 Å². The summed E-state index contributed by atoms with van der Waals surface area (Å²) in [5.41, 5.74) is 0.919. The van der Waals surface area contributed by atoms with E-state index in [0.29, 0.717) is 12.5 Å². The number of nitrogens with zero attached hydrogens (tertiary/aromatic N) is 1. The number of aliphatic hydroxyl groups excluding tert-OH is 1. The van der Waals surface area contributed by atoms with Crippen molar-refractivity contribution in [1.82, 2.24) is 4.98 Å². The minimum absolute atomic E-state index is 0.297. The van der Waals surface area contributed by atoms with Crippen LogP contribution in [0.5, 0.6) is 0 Å². The van der Waals surface area contributed by atoms with Gasteiger partial charge in [0, 0.05) is 6.07 Å². The maximum Gasteiger partial charge on any atom is 0.251 e. The van der Waals surface area contributed by atoms with Gasteiger partial charge in [0.2, 0.25) is 0 Å². The third-order valence-corrected chi connectivity index (χ3v) is 2.77. The number of pyridine rings is 1. The van der Waals surface area contributed by atoms with Gasteiger partial charge in [0.15, 0.2) is 17.5 Å². The summed E-state index contributed by atoms with van der Waals surface area (Å²) in [5.74, 6) is -4.16. The van der Waals surface area contributed by atoms with Gasteiger partial charge >= 0.3 is 0 Å². The van der Waals surface area contributed by atoms with Crippen molar-refractivity contribution in [3.8, 4) is 0 Å². The van der Waals surface area contributed by atoms with Crippen LogP contribution in [0.4, 0.5) is 19.0 Å². The molecule has 0 saturated heterocycles. The van der Waals surface area contributed by atoms with Crippen LogP contribution in [0.15, 0.2) is 36.4 Å². The van der Waals surface area contributed by atoms with Crippen molar-refractivity contribution in [2.45, 2.75) is 12.5 Å². The van der Waals surface area contributed by atoms with Gasteiger partial charge in [-0.1, -0.05) is 30.3 Å². The second-order valence-electron chi connectivity index (χ2n) is 4.30. The van der Waals surface area contributed by atoms with Crippen molar-refractivity contribution in [2.75, 3.05) is 11.9 Å². The average molecular weight is 282 g/mol. The molecule has 1 aromatic heterocycles. The third-order valence-electron chi connectivity index (χ3n) is 2.77. The molecule has 0 fully saturated rings. The fourth-order valence-electron chi connectivity index (χ4n) is 1.80. The predicted molar refractivity (Wildman–Crippen MR) is 68.8 cm³/mol. The molecule has 6 heteroatoms. The Morgan fingerprint density at radius 2 is 1.80 bits per heavy atom. The van der Waals surface area contributed by atoms with E-state index in [1.807, 2.05) is 30.3 Å². The molecule has 0 spiro atoms. The molecule has 0 saturated carbocycles. The molecule has 0 aliphatic heterocycles. The SMILES string of the molecule is OCC(Cc1ccccc1)Nc1nc(F)c(F)cc1F. The van der Waals surface area contributed by atoms with Crippen molar-refractivity contribution in [3.05, 3.63) is 59.5 Å². The summed E-state index contributed by atoms with van der Waals surface area (Å²) < 4.78 is 39.2. The number of benzene rings is 1. The van der Waals surface area contributed by atoms with Gasteiger partial charge in [0.25, 0.3) is 5.95 Å². The fraction of sp³-hybridized carbons (Fsp3) is 0.214. The molecule has 0 radical (unpaired) electrons. The quantitative estimate of drug-likeness (QED) is 0.828. The van der Waals surface area contributed by atoms with Crippen LogP contribution in [0.3, 0.4) is 0 Å². The molecule has 0 aliphatic rings. The maximum absolute atomic E-state index is 13.5. The van der Waals surface area contributed by atoms with E-state index >= 15 is 0 Å². The molecule has 0 amide bonds. The van der Waals surface area contributed by atoms with Gasteiger partial charge in [-0.25, -0.2) is 8.78 Å². The van der Waals surface area contributed by atoms with Crippen molar-refractivity contribution in [1.29, 1.82) is 0 Å². The van der Waals surface area contributed by atoms with Crippen LogP contribution in [-0.2, 0) is 6.42 Å². The van der Waals surface area contributed by atoms with E-state index in [2.05, 4.69) is 10.3 Å². The molecule has 1 unspecified atom stereocenters. The van der Waals surface area contributed by atoms with Crippen molar-refractivity contribution < 1.29 is 18.3 Å². The predicted octanol–water partition coefficient (Wildman–Crippen LogP) is 2.51. The van der Waals surface area contributed by atoms with Crippen LogP contribution in [0.2, 0.25) is 0 Å². The van der Waals surface area contributed by atoms with E-state index < -0.39 is 29.4 Å². The highest BCUT2D eigenvalue weighted by molar-refractivity contribution is 5.38. The Bertz CT molecular complexity index is 578. The minimum Gasteiger partial charge on any atom is -0.394 e. The highest BCUT2D eigenvalue weighted by Crippen LogP contribution is 2.16. The maximum atomic E-state index is 13.5. The highest BCUT2D eigenvalue weighted by atomic mass is 19.2. The lowest BCUT2D eigenvalue weighted by Crippen LogP contribution is -2.27. The largest absolute Gasteiger partial charge is 0.394 e. The summed E-state index contributed by atoms with van der Waals surface area (Å²) in [6, 6.07) is 9.08. The van der Waals surface area contributed by atoms with Gasteiger partial charge in [0.05, 0.1) is 12.6 Å². The molecule has 106 valence electrons. The van der Waals surface area contributed by atoms with E-state index in [-0.39, 0.29) is 6.61 Å².